The topological polar surface area (TPSA) is 91.6 Å². The molecule has 1 heterocycles. The molecule has 0 bridgehead atoms. The summed E-state index contributed by atoms with van der Waals surface area (Å²) in [5.41, 5.74) is -0.918. The maximum Gasteiger partial charge on any atom is 0.573 e. The number of nitro groups is 1. The summed E-state index contributed by atoms with van der Waals surface area (Å²) in [7, 11) is 0.896. The minimum absolute atomic E-state index is 0.294. The van der Waals surface area contributed by atoms with Gasteiger partial charge in [0.15, 0.2) is 0 Å². The molecule has 0 atom stereocenters. The summed E-state index contributed by atoms with van der Waals surface area (Å²) in [5, 5.41) is 10.5. The first-order valence-corrected chi connectivity index (χ1v) is 5.42. The van der Waals surface area contributed by atoms with Crippen LogP contribution in [0.4, 0.5) is 19.0 Å². The number of rotatable bonds is 3. The number of carbonyl (C=O) groups excluding carboxylic acids is 1. The molecule has 0 aromatic carbocycles. The summed E-state index contributed by atoms with van der Waals surface area (Å²) in [6.45, 7) is 0. The summed E-state index contributed by atoms with van der Waals surface area (Å²) in [6, 6.07) is 0.744. The number of esters is 1. The molecule has 0 saturated carbocycles. The van der Waals surface area contributed by atoms with Gasteiger partial charge in [-0.2, -0.15) is 0 Å². The van der Waals surface area contributed by atoms with Crippen LogP contribution in [0.15, 0.2) is 6.07 Å². The number of methoxy groups -OCH3 is 1. The van der Waals surface area contributed by atoms with Crippen LogP contribution in [0.3, 0.4) is 0 Å². The highest BCUT2D eigenvalue weighted by Crippen LogP contribution is 2.32. The molecule has 1 aromatic rings. The fraction of sp³-hybridized carbons (Fsp3) is 0.250. The Labute approximate surface area is 117 Å². The van der Waals surface area contributed by atoms with Crippen molar-refractivity contribution in [3.05, 3.63) is 25.4 Å². The molecule has 104 valence electrons. The van der Waals surface area contributed by atoms with Gasteiger partial charge in [0, 0.05) is 0 Å². The van der Waals surface area contributed by atoms with Crippen molar-refractivity contribution in [3.8, 4) is 5.75 Å². The molecule has 11 heteroatoms. The van der Waals surface area contributed by atoms with Crippen molar-refractivity contribution in [1.82, 2.24) is 4.98 Å². The van der Waals surface area contributed by atoms with E-state index >= 15 is 0 Å². The van der Waals surface area contributed by atoms with Crippen LogP contribution in [0.2, 0.25) is 0 Å². The Morgan fingerprint density at radius 1 is 1.53 bits per heavy atom. The zero-order valence-corrected chi connectivity index (χ0v) is 11.2. The van der Waals surface area contributed by atoms with E-state index in [-0.39, 0.29) is 3.57 Å². The molecule has 0 aliphatic rings. The second-order valence-corrected chi connectivity index (χ2v) is 4.10. The number of halogens is 4. The van der Waals surface area contributed by atoms with Crippen molar-refractivity contribution in [2.24, 2.45) is 0 Å². The molecular weight excluding hydrogens is 388 g/mol. The maximum atomic E-state index is 12.2. The molecule has 0 spiro atoms. The summed E-state index contributed by atoms with van der Waals surface area (Å²) in [6.07, 6.45) is -5.07. The average Bonchev–Trinajstić information content (AvgIpc) is 2.28. The van der Waals surface area contributed by atoms with E-state index in [1.54, 1.807) is 0 Å². The number of pyridine rings is 1. The van der Waals surface area contributed by atoms with Crippen molar-refractivity contribution >= 4 is 34.4 Å². The highest BCUT2D eigenvalue weighted by molar-refractivity contribution is 14.1. The number of ether oxygens (including phenoxy) is 2. The molecule has 0 radical (unpaired) electrons. The van der Waals surface area contributed by atoms with Gasteiger partial charge in [-0.3, -0.25) is 0 Å². The van der Waals surface area contributed by atoms with E-state index in [1.165, 1.54) is 22.6 Å². The molecule has 7 nitrogen and oxygen atoms in total. The summed E-state index contributed by atoms with van der Waals surface area (Å²) < 4.78 is 44.1. The van der Waals surface area contributed by atoms with Crippen LogP contribution in [-0.2, 0) is 4.74 Å². The maximum absolute atomic E-state index is 12.2. The van der Waals surface area contributed by atoms with Crippen LogP contribution in [-0.4, -0.2) is 29.3 Å². The Morgan fingerprint density at radius 2 is 2.11 bits per heavy atom. The van der Waals surface area contributed by atoms with Gasteiger partial charge in [0.1, 0.15) is 0 Å². The molecular formula is C8H4F3IN2O5. The standard InChI is InChI=1S/C8H4F3IN2O5/c1-18-7(15)5-6(19-8(9,10)11)3(12)2-4(13-5)14(16)17/h2H,1H3. The number of hydrogen-bond donors (Lipinski definition) is 0. The summed E-state index contributed by atoms with van der Waals surface area (Å²) >= 11 is 1.36. The van der Waals surface area contributed by atoms with E-state index in [0.29, 0.717) is 0 Å². The number of aromatic nitrogens is 1. The van der Waals surface area contributed by atoms with Crippen molar-refractivity contribution in [3.63, 3.8) is 0 Å². The van der Waals surface area contributed by atoms with Gasteiger partial charge in [-0.25, -0.2) is 4.79 Å². The van der Waals surface area contributed by atoms with Gasteiger partial charge in [0.05, 0.1) is 16.7 Å². The lowest BCUT2D eigenvalue weighted by atomic mass is 10.3. The molecule has 19 heavy (non-hydrogen) atoms. The minimum Gasteiger partial charge on any atom is -0.463 e. The molecule has 1 rings (SSSR count). The van der Waals surface area contributed by atoms with Crippen LogP contribution in [0.1, 0.15) is 10.5 Å². The van der Waals surface area contributed by atoms with E-state index in [9.17, 15) is 28.1 Å². The molecule has 0 amide bonds. The quantitative estimate of drug-likeness (QED) is 0.339. The van der Waals surface area contributed by atoms with Crippen LogP contribution < -0.4 is 4.74 Å². The third-order valence-electron chi connectivity index (χ3n) is 1.70. The lowest BCUT2D eigenvalue weighted by Crippen LogP contribution is -2.21. The van der Waals surface area contributed by atoms with E-state index in [1.807, 2.05) is 0 Å². The van der Waals surface area contributed by atoms with Gasteiger partial charge in [0.2, 0.25) is 5.75 Å². The average molecular weight is 392 g/mol. The second kappa shape index (κ2) is 5.54. The summed E-state index contributed by atoms with van der Waals surface area (Å²) in [5.74, 6) is -3.01. The molecule has 0 aliphatic carbocycles. The third kappa shape index (κ3) is 3.90. The molecule has 0 unspecified atom stereocenters. The number of carbonyl (C=O) groups is 1. The van der Waals surface area contributed by atoms with Gasteiger partial charge < -0.3 is 19.6 Å². The van der Waals surface area contributed by atoms with Gasteiger partial charge in [0.25, 0.3) is 0 Å². The largest absolute Gasteiger partial charge is 0.573 e. The van der Waals surface area contributed by atoms with E-state index in [2.05, 4.69) is 14.5 Å². The predicted molar refractivity (Wildman–Crippen MR) is 61.6 cm³/mol. The number of nitrogens with zero attached hydrogens (tertiary/aromatic N) is 2. The Hall–Kier alpha value is -1.66. The molecule has 0 N–H and O–H groups in total. The fourth-order valence-corrected chi connectivity index (χ4v) is 1.68. The highest BCUT2D eigenvalue weighted by Gasteiger charge is 2.37. The second-order valence-electron chi connectivity index (χ2n) is 2.94. The van der Waals surface area contributed by atoms with Crippen molar-refractivity contribution in [2.45, 2.75) is 6.36 Å². The van der Waals surface area contributed by atoms with Gasteiger partial charge in [-0.1, -0.05) is 0 Å². The van der Waals surface area contributed by atoms with E-state index in [4.69, 9.17) is 0 Å². The van der Waals surface area contributed by atoms with E-state index < -0.39 is 34.5 Å². The van der Waals surface area contributed by atoms with Crippen molar-refractivity contribution in [1.29, 1.82) is 0 Å². The molecule has 0 aliphatic heterocycles. The zero-order chi connectivity index (χ0) is 14.8. The van der Waals surface area contributed by atoms with Crippen molar-refractivity contribution in [2.75, 3.05) is 7.11 Å². The minimum atomic E-state index is -5.07. The first kappa shape index (κ1) is 15.4. The first-order valence-electron chi connectivity index (χ1n) is 4.34. The SMILES string of the molecule is COC(=O)c1nc([N+](=O)[O-])cc(I)c1OC(F)(F)F. The van der Waals surface area contributed by atoms with Crippen LogP contribution >= 0.6 is 22.6 Å². The smallest absolute Gasteiger partial charge is 0.463 e. The molecule has 1 aromatic heterocycles. The highest BCUT2D eigenvalue weighted by atomic mass is 127. The molecule has 0 fully saturated rings. The van der Waals surface area contributed by atoms with Crippen LogP contribution in [0.25, 0.3) is 0 Å². The Bertz CT molecular complexity index is 534. The molecule has 0 saturated heterocycles. The zero-order valence-electron chi connectivity index (χ0n) is 9.02. The van der Waals surface area contributed by atoms with Crippen molar-refractivity contribution < 1.29 is 32.4 Å². The number of alkyl halides is 3. The van der Waals surface area contributed by atoms with E-state index in [0.717, 1.165) is 13.2 Å². The predicted octanol–water partition coefficient (Wildman–Crippen LogP) is 2.28. The van der Waals surface area contributed by atoms with Crippen LogP contribution in [0.5, 0.6) is 5.75 Å². The lowest BCUT2D eigenvalue weighted by molar-refractivity contribution is -0.389. The summed E-state index contributed by atoms with van der Waals surface area (Å²) in [4.78, 5) is 24.1. The normalized spacial score (nSPS) is 11.0. The first-order chi connectivity index (χ1) is 8.65. The van der Waals surface area contributed by atoms with Gasteiger partial charge in [-0.15, -0.1) is 13.2 Å². The third-order valence-corrected chi connectivity index (χ3v) is 2.50. The van der Waals surface area contributed by atoms with Gasteiger partial charge >= 0.3 is 23.8 Å². The number of hydrogen-bond acceptors (Lipinski definition) is 6. The Kier molecular flexibility index (Phi) is 4.49. The fourth-order valence-electron chi connectivity index (χ4n) is 1.03. The van der Waals surface area contributed by atoms with Gasteiger partial charge in [-0.05, 0) is 32.5 Å². The lowest BCUT2D eigenvalue weighted by Gasteiger charge is -2.11. The Balaban J connectivity index is 3.43. The Morgan fingerprint density at radius 3 is 2.53 bits per heavy atom. The monoisotopic (exact) mass is 392 g/mol. The van der Waals surface area contributed by atoms with Crippen LogP contribution in [0, 0.1) is 13.7 Å².